The van der Waals surface area contributed by atoms with Gasteiger partial charge in [0, 0.05) is 0 Å². The first-order valence-electron chi connectivity index (χ1n) is 15.4. The summed E-state index contributed by atoms with van der Waals surface area (Å²) >= 11 is 0. The van der Waals surface area contributed by atoms with Crippen LogP contribution < -0.4 is 0 Å². The average Bonchev–Trinajstić information content (AvgIpc) is 3.32. The minimum atomic E-state index is 1.17. The monoisotopic (exact) mass is 378 g/mol. The van der Waals surface area contributed by atoms with Crippen molar-refractivity contribution in [1.82, 2.24) is 0 Å². The Hall–Kier alpha value is 0. The van der Waals surface area contributed by atoms with Gasteiger partial charge in [0.15, 0.2) is 0 Å². The van der Waals surface area contributed by atoms with E-state index in [2.05, 4.69) is 0 Å². The van der Waals surface area contributed by atoms with Crippen molar-refractivity contribution < 1.29 is 0 Å². The smallest absolute Gasteiger partial charge is 0.0000000000000232 e. The van der Waals surface area contributed by atoms with Crippen LogP contribution in [0.2, 0.25) is 0 Å². The fraction of sp³-hybridized carbons (Fsp3) is 1.00. The van der Waals surface area contributed by atoms with E-state index in [1.54, 1.807) is 12.8 Å². The van der Waals surface area contributed by atoms with E-state index in [9.17, 15) is 0 Å². The van der Waals surface area contributed by atoms with Gasteiger partial charge in [-0.3, -0.25) is 0 Å². The van der Waals surface area contributed by atoms with Crippen LogP contribution in [-0.2, 0) is 0 Å². The van der Waals surface area contributed by atoms with Gasteiger partial charge in [0.1, 0.15) is 0 Å². The summed E-state index contributed by atoms with van der Waals surface area (Å²) in [6.07, 6.45) is 3.54. The van der Waals surface area contributed by atoms with Crippen LogP contribution in [0.5, 0.6) is 0 Å². The molecule has 31 heavy (non-hydrogen) atoms. The summed E-state index contributed by atoms with van der Waals surface area (Å²) in [6.45, 7) is 0. The van der Waals surface area contributed by atoms with Crippen LogP contribution >= 0.6 is 0 Å². The van der Waals surface area contributed by atoms with Crippen LogP contribution in [0.1, 0.15) is 12.8 Å². The summed E-state index contributed by atoms with van der Waals surface area (Å²) < 4.78 is 0. The Bertz CT molecular complexity index is 2320. The lowest BCUT2D eigenvalue weighted by Crippen LogP contribution is -2.22. The highest BCUT2D eigenvalue weighted by Crippen LogP contribution is 3.98. The number of rotatable bonds is 0. The van der Waals surface area contributed by atoms with Gasteiger partial charge in [-0.05, 0) is 171 Å². The molecule has 29 rings (SSSR count). The van der Waals surface area contributed by atoms with E-state index in [0.717, 1.165) is 0 Å². The number of hydrogen-bond acceptors (Lipinski definition) is 0. The molecular formula is C31H6. The molecule has 29 fully saturated rings. The quantitative estimate of drug-likeness (QED) is 0.591. The van der Waals surface area contributed by atoms with Crippen molar-refractivity contribution in [2.75, 3.05) is 0 Å². The Morgan fingerprint density at radius 1 is 0.258 bits per heavy atom. The molecule has 0 heterocycles. The average molecular weight is 378 g/mol. The van der Waals surface area contributed by atoms with Gasteiger partial charge < -0.3 is 0 Å². The Morgan fingerprint density at radius 3 is 0.710 bits per heavy atom. The first-order chi connectivity index (χ1) is 15.4. The molecule has 28 unspecified atom stereocenters. The molecule has 27 spiro atoms. The molecule has 0 bridgehead atoms. The molecule has 0 aromatic rings. The highest BCUT2D eigenvalue weighted by Gasteiger charge is 3.97. The van der Waals surface area contributed by atoms with E-state index in [1.807, 2.05) is 0 Å². The van der Waals surface area contributed by atoms with Gasteiger partial charge in [0.05, 0.1) is 0 Å². The van der Waals surface area contributed by atoms with Crippen LogP contribution in [0.15, 0.2) is 0 Å². The SMILES string of the molecule is C1C2C13C21C32C13C21C32C13C21C32C13C21C32C13C14C56C78C9%10C%11%12C%13%14C%15%16CC%15C%16%13C%14%11C%129C%107C85C61C234. The molecule has 0 saturated heterocycles. The maximum Gasteiger partial charge on any atom is -0.0000000000000232 e. The molecule has 29 saturated carbocycles. The molecule has 0 heteroatoms. The summed E-state index contributed by atoms with van der Waals surface area (Å²) in [4.78, 5) is 0. The minimum Gasteiger partial charge on any atom is -0.0421 e. The Balaban J connectivity index is 0.733. The van der Waals surface area contributed by atoms with Crippen LogP contribution in [-0.4, -0.2) is 0 Å². The third-order valence-electron chi connectivity index (χ3n) is 30.5. The first kappa shape index (κ1) is 8.01. The van der Waals surface area contributed by atoms with E-state index in [0.29, 0.717) is 0 Å². The minimum absolute atomic E-state index is 1.17. The lowest BCUT2D eigenvalue weighted by atomic mass is 9.80. The second-order valence-electron chi connectivity index (χ2n) is 22.3. The molecule has 130 valence electrons. The molecule has 29 aliphatic carbocycles. The molecule has 0 amide bonds. The summed E-state index contributed by atoms with van der Waals surface area (Å²) in [5.74, 6) is 2.77. The Kier molecular flexibility index (Phi) is 0.226. The van der Waals surface area contributed by atoms with Gasteiger partial charge in [0.2, 0.25) is 0 Å². The van der Waals surface area contributed by atoms with Gasteiger partial charge in [-0.1, -0.05) is 0 Å². The second kappa shape index (κ2) is 0.873. The first-order valence-corrected chi connectivity index (χ1v) is 15.4. The third kappa shape index (κ3) is 0.124. The molecule has 29 aliphatic rings. The third-order valence-corrected chi connectivity index (χ3v) is 30.5. The zero-order valence-electron chi connectivity index (χ0n) is 16.1. The van der Waals surface area contributed by atoms with Crippen LogP contribution in [0, 0.1) is 158 Å². The van der Waals surface area contributed by atoms with Gasteiger partial charge in [0.25, 0.3) is 0 Å². The molecular weight excluding hydrogens is 372 g/mol. The molecule has 0 aromatic carbocycles. The van der Waals surface area contributed by atoms with Gasteiger partial charge in [-0.15, -0.1) is 0 Å². The fourth-order valence-electron chi connectivity index (χ4n) is 37.1. The van der Waals surface area contributed by atoms with Crippen molar-refractivity contribution in [2.45, 2.75) is 12.8 Å². The molecule has 0 radical (unpaired) electrons. The topological polar surface area (TPSA) is 0 Å². The molecule has 0 aliphatic heterocycles. The molecule has 0 N–H and O–H groups in total. The normalized spacial score (nSPS) is 176. The maximum absolute atomic E-state index is 1.77. The summed E-state index contributed by atoms with van der Waals surface area (Å²) in [5.41, 5.74) is 33.1. The number of hydrogen-bond donors (Lipinski definition) is 0. The van der Waals surface area contributed by atoms with Gasteiger partial charge >= 0.3 is 0 Å². The van der Waals surface area contributed by atoms with Crippen molar-refractivity contribution in [3.63, 3.8) is 0 Å². The standard InChI is InChI=1S/C31H6/c1-3-5(1)7(3)9(5)11(7)13(9)15(11)17(13)19(15)21(17)23(19)25(21)27(23)29(25)30-26-22-18-14-10-6-2-4(6)8(6,10)12(10,14)16(14,18)20(18,22)24(22,26)28(26,30)31(27,29)30/h3-4H,1-2H2. The predicted octanol–water partition coefficient (Wildman–Crippen LogP) is 1.03. The molecule has 28 atom stereocenters. The van der Waals surface area contributed by atoms with Crippen molar-refractivity contribution in [3.05, 3.63) is 0 Å². The van der Waals surface area contributed by atoms with E-state index >= 15 is 0 Å². The lowest BCUT2D eigenvalue weighted by molar-refractivity contribution is 0.217. The summed E-state index contributed by atoms with van der Waals surface area (Å²) in [6, 6.07) is 0. The summed E-state index contributed by atoms with van der Waals surface area (Å²) in [7, 11) is 0. The lowest BCUT2D eigenvalue weighted by Gasteiger charge is -2.22. The van der Waals surface area contributed by atoms with Crippen molar-refractivity contribution >= 4 is 0 Å². The second-order valence-corrected chi connectivity index (χ2v) is 22.3. The predicted molar refractivity (Wildman–Crippen MR) is 81.9 cm³/mol. The van der Waals surface area contributed by atoms with Crippen molar-refractivity contribution in [1.29, 1.82) is 0 Å². The highest BCUT2D eigenvalue weighted by molar-refractivity contribution is 6.41. The maximum atomic E-state index is 1.77. The van der Waals surface area contributed by atoms with Crippen LogP contribution in [0.25, 0.3) is 0 Å². The molecule has 0 aromatic heterocycles. The van der Waals surface area contributed by atoms with E-state index in [1.165, 1.54) is 158 Å². The van der Waals surface area contributed by atoms with E-state index in [-0.39, 0.29) is 0 Å². The Labute approximate surface area is 171 Å². The zero-order valence-corrected chi connectivity index (χ0v) is 16.1. The Morgan fingerprint density at radius 2 is 0.484 bits per heavy atom. The van der Waals surface area contributed by atoms with E-state index in [4.69, 9.17) is 0 Å². The van der Waals surface area contributed by atoms with Crippen LogP contribution in [0.3, 0.4) is 0 Å². The van der Waals surface area contributed by atoms with Crippen molar-refractivity contribution in [2.24, 2.45) is 158 Å². The largest absolute Gasteiger partial charge is 0.0421 e. The van der Waals surface area contributed by atoms with Crippen LogP contribution in [0.4, 0.5) is 0 Å². The highest BCUT2D eigenvalue weighted by atomic mass is 16.0. The van der Waals surface area contributed by atoms with Gasteiger partial charge in [-0.25, -0.2) is 0 Å². The zero-order chi connectivity index (χ0) is 16.1. The fourth-order valence-corrected chi connectivity index (χ4v) is 37.1. The molecule has 0 nitrogen and oxygen atoms in total. The summed E-state index contributed by atoms with van der Waals surface area (Å²) in [5, 5.41) is 0. The van der Waals surface area contributed by atoms with Crippen molar-refractivity contribution in [3.8, 4) is 0 Å². The van der Waals surface area contributed by atoms with Gasteiger partial charge in [-0.2, -0.15) is 0 Å². The van der Waals surface area contributed by atoms with E-state index < -0.39 is 0 Å².